The largest absolute Gasteiger partial charge is 0.497 e. The molecule has 0 aliphatic heterocycles. The van der Waals surface area contributed by atoms with Crippen LogP contribution in [-0.4, -0.2) is 49.8 Å². The number of aliphatic hydroxyl groups excluding tert-OH is 1. The van der Waals surface area contributed by atoms with E-state index in [2.05, 4.69) is 0 Å². The van der Waals surface area contributed by atoms with Crippen LogP contribution < -0.4 is 10.5 Å². The zero-order chi connectivity index (χ0) is 14.3. The highest BCUT2D eigenvalue weighted by atomic mass is 19.3. The molecule has 0 bridgehead atoms. The predicted octanol–water partition coefficient (Wildman–Crippen LogP) is 1.25. The number of benzene rings is 1. The van der Waals surface area contributed by atoms with Gasteiger partial charge in [-0.3, -0.25) is 4.90 Å². The van der Waals surface area contributed by atoms with E-state index in [-0.39, 0.29) is 25.7 Å². The Bertz CT molecular complexity index is 360. The maximum atomic E-state index is 12.6. The number of halogens is 2. The molecule has 3 N–H and O–H groups in total. The number of ether oxygens (including phenoxy) is 1. The van der Waals surface area contributed by atoms with Crippen LogP contribution in [0.4, 0.5) is 8.78 Å². The van der Waals surface area contributed by atoms with Gasteiger partial charge >= 0.3 is 0 Å². The van der Waals surface area contributed by atoms with Crippen LogP contribution in [0.5, 0.6) is 5.75 Å². The first-order valence-corrected chi connectivity index (χ1v) is 6.09. The van der Waals surface area contributed by atoms with Gasteiger partial charge in [0.15, 0.2) is 0 Å². The van der Waals surface area contributed by atoms with Crippen molar-refractivity contribution in [3.8, 4) is 5.75 Å². The molecule has 0 aliphatic carbocycles. The third kappa shape index (κ3) is 4.74. The van der Waals surface area contributed by atoms with Crippen molar-refractivity contribution in [3.63, 3.8) is 0 Å². The summed E-state index contributed by atoms with van der Waals surface area (Å²) in [6, 6.07) is 6.78. The summed E-state index contributed by atoms with van der Waals surface area (Å²) < 4.78 is 30.2. The quantitative estimate of drug-likeness (QED) is 0.749. The molecule has 0 saturated carbocycles. The van der Waals surface area contributed by atoms with Crippen molar-refractivity contribution in [1.29, 1.82) is 0 Å². The second-order valence-corrected chi connectivity index (χ2v) is 4.13. The minimum Gasteiger partial charge on any atom is -0.497 e. The van der Waals surface area contributed by atoms with Crippen LogP contribution in [0.25, 0.3) is 0 Å². The summed E-state index contributed by atoms with van der Waals surface area (Å²) in [5.74, 6) is 0.696. The lowest BCUT2D eigenvalue weighted by atomic mass is 10.0. The summed E-state index contributed by atoms with van der Waals surface area (Å²) >= 11 is 0. The molecule has 6 heteroatoms. The van der Waals surface area contributed by atoms with Gasteiger partial charge < -0.3 is 15.6 Å². The highest BCUT2D eigenvalue weighted by Gasteiger charge is 2.21. The highest BCUT2D eigenvalue weighted by molar-refractivity contribution is 5.29. The Morgan fingerprint density at radius 2 is 1.95 bits per heavy atom. The van der Waals surface area contributed by atoms with Gasteiger partial charge in [0.05, 0.1) is 20.3 Å². The van der Waals surface area contributed by atoms with Crippen LogP contribution in [0.2, 0.25) is 0 Å². The first kappa shape index (κ1) is 15.8. The molecule has 0 saturated heterocycles. The highest BCUT2D eigenvalue weighted by Crippen LogP contribution is 2.22. The molecule has 0 amide bonds. The summed E-state index contributed by atoms with van der Waals surface area (Å²) in [5, 5.41) is 8.98. The van der Waals surface area contributed by atoms with Gasteiger partial charge in [-0.2, -0.15) is 0 Å². The lowest BCUT2D eigenvalue weighted by Gasteiger charge is -2.30. The van der Waals surface area contributed by atoms with Gasteiger partial charge in [-0.15, -0.1) is 0 Å². The van der Waals surface area contributed by atoms with Crippen molar-refractivity contribution in [3.05, 3.63) is 29.8 Å². The molecule has 1 aromatic rings. The third-order valence-corrected chi connectivity index (χ3v) is 2.92. The Labute approximate surface area is 111 Å². The van der Waals surface area contributed by atoms with E-state index in [4.69, 9.17) is 15.6 Å². The summed E-state index contributed by atoms with van der Waals surface area (Å²) in [6.45, 7) is -0.217. The van der Waals surface area contributed by atoms with Crippen molar-refractivity contribution in [2.24, 2.45) is 5.73 Å². The number of hydrogen-bond donors (Lipinski definition) is 2. The van der Waals surface area contributed by atoms with Crippen LogP contribution in [-0.2, 0) is 0 Å². The molecule has 0 spiro atoms. The number of rotatable bonds is 8. The van der Waals surface area contributed by atoms with Crippen LogP contribution >= 0.6 is 0 Å². The lowest BCUT2D eigenvalue weighted by molar-refractivity contribution is 0.0562. The van der Waals surface area contributed by atoms with Crippen molar-refractivity contribution in [2.75, 3.05) is 33.4 Å². The number of nitrogens with two attached hydrogens (primary N) is 1. The molecule has 1 rings (SSSR count). The molecule has 1 unspecified atom stereocenters. The molecule has 1 atom stereocenters. The van der Waals surface area contributed by atoms with Gasteiger partial charge in [0.1, 0.15) is 5.75 Å². The average Bonchev–Trinajstić information content (AvgIpc) is 2.40. The summed E-state index contributed by atoms with van der Waals surface area (Å²) in [5.41, 5.74) is 6.51. The molecule has 0 radical (unpaired) electrons. The SMILES string of the molecule is COc1ccc(C(CN)N(CCO)CC(F)F)cc1. The third-order valence-electron chi connectivity index (χ3n) is 2.92. The average molecular weight is 274 g/mol. The standard InChI is InChI=1S/C13H20F2N2O2/c1-19-11-4-2-10(3-5-11)12(8-16)17(6-7-18)9-13(14)15/h2-5,12-13,18H,6-9,16H2,1H3. The smallest absolute Gasteiger partial charge is 0.251 e. The first-order chi connectivity index (χ1) is 9.12. The lowest BCUT2D eigenvalue weighted by Crippen LogP contribution is -2.38. The predicted molar refractivity (Wildman–Crippen MR) is 69.5 cm³/mol. The van der Waals surface area contributed by atoms with Gasteiger partial charge in [-0.05, 0) is 17.7 Å². The molecule has 0 aromatic heterocycles. The fourth-order valence-corrected chi connectivity index (χ4v) is 2.00. The number of hydrogen-bond acceptors (Lipinski definition) is 4. The monoisotopic (exact) mass is 274 g/mol. The van der Waals surface area contributed by atoms with Gasteiger partial charge in [0.25, 0.3) is 6.43 Å². The maximum absolute atomic E-state index is 12.6. The molecule has 4 nitrogen and oxygen atoms in total. The Morgan fingerprint density at radius 3 is 2.37 bits per heavy atom. The van der Waals surface area contributed by atoms with Crippen molar-refractivity contribution >= 4 is 0 Å². The van der Waals surface area contributed by atoms with E-state index in [0.717, 1.165) is 5.56 Å². The van der Waals surface area contributed by atoms with E-state index >= 15 is 0 Å². The second-order valence-electron chi connectivity index (χ2n) is 4.13. The van der Waals surface area contributed by atoms with Crippen molar-refractivity contribution in [2.45, 2.75) is 12.5 Å². The molecule has 108 valence electrons. The first-order valence-electron chi connectivity index (χ1n) is 6.09. The van der Waals surface area contributed by atoms with Crippen LogP contribution in [0.1, 0.15) is 11.6 Å². The van der Waals surface area contributed by atoms with Gasteiger partial charge in [-0.1, -0.05) is 12.1 Å². The second kappa shape index (κ2) is 8.04. The van der Waals surface area contributed by atoms with Crippen LogP contribution in [0, 0.1) is 0 Å². The molecular weight excluding hydrogens is 254 g/mol. The maximum Gasteiger partial charge on any atom is 0.251 e. The summed E-state index contributed by atoms with van der Waals surface area (Å²) in [4.78, 5) is 1.49. The van der Waals surface area contributed by atoms with E-state index in [1.165, 1.54) is 4.90 Å². The Morgan fingerprint density at radius 1 is 1.32 bits per heavy atom. The van der Waals surface area contributed by atoms with Crippen LogP contribution in [0.15, 0.2) is 24.3 Å². The van der Waals surface area contributed by atoms with Crippen LogP contribution in [0.3, 0.4) is 0 Å². The van der Waals surface area contributed by atoms with Gasteiger partial charge in [0, 0.05) is 19.1 Å². The minimum absolute atomic E-state index is 0.165. The van der Waals surface area contributed by atoms with E-state index in [9.17, 15) is 8.78 Å². The van der Waals surface area contributed by atoms with E-state index in [1.54, 1.807) is 31.4 Å². The molecule has 0 fully saturated rings. The molecule has 1 aromatic carbocycles. The normalized spacial score (nSPS) is 13.0. The zero-order valence-corrected chi connectivity index (χ0v) is 10.9. The zero-order valence-electron chi connectivity index (χ0n) is 10.9. The summed E-state index contributed by atoms with van der Waals surface area (Å²) in [6.07, 6.45) is -2.46. The van der Waals surface area contributed by atoms with E-state index < -0.39 is 13.0 Å². The molecule has 0 aliphatic rings. The summed E-state index contributed by atoms with van der Waals surface area (Å²) in [7, 11) is 1.56. The van der Waals surface area contributed by atoms with Gasteiger partial charge in [0.2, 0.25) is 0 Å². The topological polar surface area (TPSA) is 58.7 Å². The molecule has 19 heavy (non-hydrogen) atoms. The fraction of sp³-hybridized carbons (Fsp3) is 0.538. The van der Waals surface area contributed by atoms with Gasteiger partial charge in [-0.25, -0.2) is 8.78 Å². The number of nitrogens with zero attached hydrogens (tertiary/aromatic N) is 1. The Balaban J connectivity index is 2.87. The van der Waals surface area contributed by atoms with Crippen molar-refractivity contribution in [1.82, 2.24) is 4.90 Å². The number of methoxy groups -OCH3 is 1. The van der Waals surface area contributed by atoms with E-state index in [1.807, 2.05) is 0 Å². The minimum atomic E-state index is -2.46. The Kier molecular flexibility index (Phi) is 6.69. The number of aliphatic hydroxyl groups is 1. The molecule has 0 heterocycles. The Hall–Kier alpha value is -1.24. The number of alkyl halides is 2. The van der Waals surface area contributed by atoms with E-state index in [0.29, 0.717) is 5.75 Å². The fourth-order valence-electron chi connectivity index (χ4n) is 2.00. The molecular formula is C13H20F2N2O2. The van der Waals surface area contributed by atoms with Crippen molar-refractivity contribution < 1.29 is 18.6 Å².